The Morgan fingerprint density at radius 2 is 2.06 bits per heavy atom. The number of rotatable bonds is 5. The molecule has 1 heterocycles. The molecule has 4 heteroatoms. The minimum absolute atomic E-state index is 0.364. The Labute approximate surface area is 120 Å². The largest absolute Gasteiger partial charge is 0.497 e. The van der Waals surface area contributed by atoms with Crippen molar-refractivity contribution < 1.29 is 4.74 Å². The lowest BCUT2D eigenvalue weighted by Crippen LogP contribution is -2.17. The third kappa shape index (κ3) is 3.57. The van der Waals surface area contributed by atoms with Crippen LogP contribution >= 0.6 is 27.3 Å². The van der Waals surface area contributed by atoms with Crippen molar-refractivity contribution in [2.45, 2.75) is 19.5 Å². The van der Waals surface area contributed by atoms with E-state index in [9.17, 15) is 0 Å². The van der Waals surface area contributed by atoms with Gasteiger partial charge in [-0.05, 0) is 46.6 Å². The maximum atomic E-state index is 5.14. The summed E-state index contributed by atoms with van der Waals surface area (Å²) < 4.78 is 6.30. The lowest BCUT2D eigenvalue weighted by molar-refractivity contribution is 0.414. The molecule has 0 aliphatic rings. The van der Waals surface area contributed by atoms with Crippen molar-refractivity contribution in [1.82, 2.24) is 5.32 Å². The summed E-state index contributed by atoms with van der Waals surface area (Å²) in [5.74, 6) is 0.897. The lowest BCUT2D eigenvalue weighted by Gasteiger charge is -2.12. The Balaban J connectivity index is 1.90. The Kier molecular flexibility index (Phi) is 4.80. The highest BCUT2D eigenvalue weighted by Crippen LogP contribution is 2.25. The Bertz CT molecular complexity index is 495. The van der Waals surface area contributed by atoms with Gasteiger partial charge in [-0.3, -0.25) is 0 Å². The van der Waals surface area contributed by atoms with Gasteiger partial charge in [-0.2, -0.15) is 0 Å². The van der Waals surface area contributed by atoms with E-state index < -0.39 is 0 Å². The molecule has 0 fully saturated rings. The minimum Gasteiger partial charge on any atom is -0.497 e. The highest BCUT2D eigenvalue weighted by molar-refractivity contribution is 9.10. The van der Waals surface area contributed by atoms with E-state index in [0.717, 1.165) is 16.8 Å². The number of hydrogen-bond acceptors (Lipinski definition) is 3. The molecule has 18 heavy (non-hydrogen) atoms. The third-order valence-electron chi connectivity index (χ3n) is 2.79. The molecule has 96 valence electrons. The standard InChI is InChI=1S/C14H16BrNOS/c1-10(14-7-12(15)9-18-14)16-8-11-3-5-13(17-2)6-4-11/h3-7,9-10,16H,8H2,1-2H3. The van der Waals surface area contributed by atoms with E-state index in [1.54, 1.807) is 18.4 Å². The van der Waals surface area contributed by atoms with E-state index in [1.807, 2.05) is 12.1 Å². The van der Waals surface area contributed by atoms with Gasteiger partial charge in [0, 0.05) is 27.3 Å². The fourth-order valence-corrected chi connectivity index (χ4v) is 3.15. The highest BCUT2D eigenvalue weighted by Gasteiger charge is 2.07. The zero-order valence-corrected chi connectivity index (χ0v) is 12.8. The molecular formula is C14H16BrNOS. The summed E-state index contributed by atoms with van der Waals surface area (Å²) in [7, 11) is 1.68. The summed E-state index contributed by atoms with van der Waals surface area (Å²) >= 11 is 5.25. The fraction of sp³-hybridized carbons (Fsp3) is 0.286. The van der Waals surface area contributed by atoms with Crippen LogP contribution in [0, 0.1) is 0 Å². The molecule has 0 bridgehead atoms. The van der Waals surface area contributed by atoms with Crippen molar-refractivity contribution in [2.75, 3.05) is 7.11 Å². The van der Waals surface area contributed by atoms with E-state index in [4.69, 9.17) is 4.74 Å². The van der Waals surface area contributed by atoms with Crippen LogP contribution in [-0.4, -0.2) is 7.11 Å². The quantitative estimate of drug-likeness (QED) is 0.881. The summed E-state index contributed by atoms with van der Waals surface area (Å²) in [6, 6.07) is 10.7. The van der Waals surface area contributed by atoms with Gasteiger partial charge in [0.2, 0.25) is 0 Å². The fourth-order valence-electron chi connectivity index (χ4n) is 1.67. The Morgan fingerprint density at radius 3 is 2.61 bits per heavy atom. The van der Waals surface area contributed by atoms with E-state index in [2.05, 4.69) is 51.7 Å². The van der Waals surface area contributed by atoms with Crippen molar-refractivity contribution in [1.29, 1.82) is 0 Å². The average Bonchev–Trinajstić information content (AvgIpc) is 2.83. The number of thiophene rings is 1. The van der Waals surface area contributed by atoms with E-state index >= 15 is 0 Å². The minimum atomic E-state index is 0.364. The number of methoxy groups -OCH3 is 1. The zero-order chi connectivity index (χ0) is 13.0. The zero-order valence-electron chi connectivity index (χ0n) is 10.4. The van der Waals surface area contributed by atoms with Crippen molar-refractivity contribution in [3.05, 3.63) is 50.6 Å². The number of halogens is 1. The van der Waals surface area contributed by atoms with Crippen molar-refractivity contribution in [3.8, 4) is 5.75 Å². The molecule has 1 unspecified atom stereocenters. The molecule has 0 spiro atoms. The molecule has 0 aliphatic heterocycles. The second-order valence-electron chi connectivity index (χ2n) is 4.12. The van der Waals surface area contributed by atoms with Gasteiger partial charge in [0.1, 0.15) is 5.75 Å². The summed E-state index contributed by atoms with van der Waals surface area (Å²) in [4.78, 5) is 1.34. The predicted octanol–water partition coefficient (Wildman–Crippen LogP) is 4.37. The molecule has 2 nitrogen and oxygen atoms in total. The van der Waals surface area contributed by atoms with Gasteiger partial charge in [0.25, 0.3) is 0 Å². The van der Waals surface area contributed by atoms with E-state index in [1.165, 1.54) is 10.4 Å². The van der Waals surface area contributed by atoms with Gasteiger partial charge in [-0.1, -0.05) is 12.1 Å². The number of hydrogen-bond donors (Lipinski definition) is 1. The molecular weight excluding hydrogens is 310 g/mol. The topological polar surface area (TPSA) is 21.3 Å². The highest BCUT2D eigenvalue weighted by atomic mass is 79.9. The van der Waals surface area contributed by atoms with Crippen molar-refractivity contribution >= 4 is 27.3 Å². The van der Waals surface area contributed by atoms with Crippen LogP contribution in [0.4, 0.5) is 0 Å². The number of nitrogens with one attached hydrogen (secondary N) is 1. The molecule has 0 saturated carbocycles. The summed E-state index contributed by atoms with van der Waals surface area (Å²) in [5, 5.41) is 5.63. The van der Waals surface area contributed by atoms with Gasteiger partial charge in [-0.15, -0.1) is 11.3 Å². The number of benzene rings is 1. The van der Waals surface area contributed by atoms with Crippen LogP contribution in [0.3, 0.4) is 0 Å². The van der Waals surface area contributed by atoms with E-state index in [0.29, 0.717) is 6.04 Å². The Morgan fingerprint density at radius 1 is 1.33 bits per heavy atom. The first-order valence-corrected chi connectivity index (χ1v) is 7.46. The molecule has 0 aliphatic carbocycles. The second kappa shape index (κ2) is 6.36. The third-order valence-corrected chi connectivity index (χ3v) is 4.66. The smallest absolute Gasteiger partial charge is 0.118 e. The molecule has 0 saturated heterocycles. The van der Waals surface area contributed by atoms with Gasteiger partial charge >= 0.3 is 0 Å². The maximum absolute atomic E-state index is 5.14. The molecule has 2 rings (SSSR count). The molecule has 1 aromatic heterocycles. The first-order chi connectivity index (χ1) is 8.69. The predicted molar refractivity (Wildman–Crippen MR) is 80.3 cm³/mol. The SMILES string of the molecule is COc1ccc(CNC(C)c2cc(Br)cs2)cc1. The molecule has 2 aromatic rings. The molecule has 1 aromatic carbocycles. The maximum Gasteiger partial charge on any atom is 0.118 e. The summed E-state index contributed by atoms with van der Waals surface area (Å²) in [6.45, 7) is 3.04. The van der Waals surface area contributed by atoms with Crippen LogP contribution in [0.1, 0.15) is 23.4 Å². The molecule has 0 radical (unpaired) electrons. The number of ether oxygens (including phenoxy) is 1. The van der Waals surface area contributed by atoms with Crippen LogP contribution in [0.25, 0.3) is 0 Å². The van der Waals surface area contributed by atoms with Crippen LogP contribution in [-0.2, 0) is 6.54 Å². The van der Waals surface area contributed by atoms with E-state index in [-0.39, 0.29) is 0 Å². The first kappa shape index (κ1) is 13.6. The van der Waals surface area contributed by atoms with Crippen LogP contribution in [0.2, 0.25) is 0 Å². The summed E-state index contributed by atoms with van der Waals surface area (Å²) in [5.41, 5.74) is 1.26. The average molecular weight is 326 g/mol. The second-order valence-corrected chi connectivity index (χ2v) is 5.98. The van der Waals surface area contributed by atoms with Gasteiger partial charge in [-0.25, -0.2) is 0 Å². The molecule has 1 N–H and O–H groups in total. The van der Waals surface area contributed by atoms with Crippen molar-refractivity contribution in [3.63, 3.8) is 0 Å². The van der Waals surface area contributed by atoms with Gasteiger partial charge in [0.15, 0.2) is 0 Å². The lowest BCUT2D eigenvalue weighted by atomic mass is 10.2. The van der Waals surface area contributed by atoms with Gasteiger partial charge in [0.05, 0.1) is 7.11 Å². The Hall–Kier alpha value is -0.840. The van der Waals surface area contributed by atoms with Crippen LogP contribution in [0.5, 0.6) is 5.75 Å². The van der Waals surface area contributed by atoms with Gasteiger partial charge < -0.3 is 10.1 Å². The van der Waals surface area contributed by atoms with Crippen LogP contribution < -0.4 is 10.1 Å². The first-order valence-electron chi connectivity index (χ1n) is 5.79. The normalized spacial score (nSPS) is 12.4. The monoisotopic (exact) mass is 325 g/mol. The van der Waals surface area contributed by atoms with Crippen LogP contribution in [0.15, 0.2) is 40.2 Å². The molecule has 0 amide bonds. The summed E-state index contributed by atoms with van der Waals surface area (Å²) in [6.07, 6.45) is 0. The van der Waals surface area contributed by atoms with Crippen molar-refractivity contribution in [2.24, 2.45) is 0 Å². The molecule has 1 atom stereocenters.